The Labute approximate surface area is 112 Å². The summed E-state index contributed by atoms with van der Waals surface area (Å²) in [5, 5.41) is 2.61. The molecule has 0 aromatic rings. The maximum Gasteiger partial charge on any atom is 0.274 e. The van der Waals surface area contributed by atoms with E-state index in [-0.39, 0.29) is 18.2 Å². The standard InChI is InChI=1S/C11H19NO6S/c13-11(7-19(14,15)16)12-8-1-3-9(4-2-8)17-5-10-6-18-10/h8-10H,1-7H2,(H,12,13)(H,14,15,16). The van der Waals surface area contributed by atoms with Gasteiger partial charge < -0.3 is 14.8 Å². The average Bonchev–Trinajstić information content (AvgIpc) is 3.09. The van der Waals surface area contributed by atoms with Crippen LogP contribution >= 0.6 is 0 Å². The monoisotopic (exact) mass is 293 g/mol. The van der Waals surface area contributed by atoms with Crippen molar-refractivity contribution in [2.45, 2.75) is 43.9 Å². The molecular formula is C11H19NO6S. The van der Waals surface area contributed by atoms with Gasteiger partial charge in [-0.2, -0.15) is 8.42 Å². The van der Waals surface area contributed by atoms with Crippen molar-refractivity contribution in [1.29, 1.82) is 0 Å². The van der Waals surface area contributed by atoms with Crippen molar-refractivity contribution in [3.05, 3.63) is 0 Å². The molecule has 1 saturated heterocycles. The van der Waals surface area contributed by atoms with Crippen molar-refractivity contribution in [3.8, 4) is 0 Å². The number of rotatable bonds is 6. The summed E-state index contributed by atoms with van der Waals surface area (Å²) in [4.78, 5) is 11.3. The lowest BCUT2D eigenvalue weighted by Crippen LogP contribution is -2.41. The Balaban J connectivity index is 1.63. The van der Waals surface area contributed by atoms with Crippen molar-refractivity contribution in [2.75, 3.05) is 19.0 Å². The topological polar surface area (TPSA) is 105 Å². The van der Waals surface area contributed by atoms with Gasteiger partial charge in [0.15, 0.2) is 5.75 Å². The number of carbonyl (C=O) groups excluding carboxylic acids is 1. The van der Waals surface area contributed by atoms with E-state index in [2.05, 4.69) is 5.32 Å². The largest absolute Gasteiger partial charge is 0.375 e. The van der Waals surface area contributed by atoms with Crippen LogP contribution in [-0.4, -0.2) is 56.1 Å². The van der Waals surface area contributed by atoms with Crippen LogP contribution in [0, 0.1) is 0 Å². The van der Waals surface area contributed by atoms with E-state index < -0.39 is 21.8 Å². The zero-order chi connectivity index (χ0) is 13.9. The highest BCUT2D eigenvalue weighted by molar-refractivity contribution is 7.86. The Morgan fingerprint density at radius 1 is 1.32 bits per heavy atom. The Kier molecular flexibility index (Phi) is 4.77. The highest BCUT2D eigenvalue weighted by Crippen LogP contribution is 2.22. The van der Waals surface area contributed by atoms with Crippen molar-refractivity contribution >= 4 is 16.0 Å². The van der Waals surface area contributed by atoms with E-state index in [4.69, 9.17) is 14.0 Å². The molecule has 2 fully saturated rings. The van der Waals surface area contributed by atoms with E-state index in [9.17, 15) is 13.2 Å². The molecule has 1 heterocycles. The van der Waals surface area contributed by atoms with Crippen LogP contribution in [0.2, 0.25) is 0 Å². The van der Waals surface area contributed by atoms with Crippen LogP contribution in [0.15, 0.2) is 0 Å². The zero-order valence-electron chi connectivity index (χ0n) is 10.6. The Morgan fingerprint density at radius 2 is 1.95 bits per heavy atom. The fraction of sp³-hybridized carbons (Fsp3) is 0.909. The van der Waals surface area contributed by atoms with Gasteiger partial charge in [-0.1, -0.05) is 0 Å². The molecule has 7 nitrogen and oxygen atoms in total. The molecule has 2 aliphatic rings. The third kappa shape index (κ3) is 5.85. The van der Waals surface area contributed by atoms with E-state index >= 15 is 0 Å². The van der Waals surface area contributed by atoms with Crippen LogP contribution in [0.1, 0.15) is 25.7 Å². The molecule has 2 rings (SSSR count). The Bertz CT molecular complexity index is 411. The molecule has 1 saturated carbocycles. The van der Waals surface area contributed by atoms with Gasteiger partial charge in [0.1, 0.15) is 6.10 Å². The molecule has 1 aliphatic heterocycles. The van der Waals surface area contributed by atoms with Gasteiger partial charge in [0, 0.05) is 6.04 Å². The molecule has 0 radical (unpaired) electrons. The first-order chi connectivity index (χ1) is 8.92. The molecule has 1 unspecified atom stereocenters. The number of nitrogens with one attached hydrogen (secondary N) is 1. The third-order valence-electron chi connectivity index (χ3n) is 3.27. The minimum absolute atomic E-state index is 0.0359. The predicted octanol–water partition coefficient (Wildman–Crippen LogP) is -0.283. The van der Waals surface area contributed by atoms with Crippen molar-refractivity contribution < 1.29 is 27.2 Å². The van der Waals surface area contributed by atoms with Crippen molar-refractivity contribution in [3.63, 3.8) is 0 Å². The molecule has 0 aromatic carbocycles. The number of amides is 1. The summed E-state index contributed by atoms with van der Waals surface area (Å²) in [6, 6.07) is -0.0359. The summed E-state index contributed by atoms with van der Waals surface area (Å²) >= 11 is 0. The summed E-state index contributed by atoms with van der Waals surface area (Å²) in [5.41, 5.74) is 0. The predicted molar refractivity (Wildman–Crippen MR) is 66.3 cm³/mol. The third-order valence-corrected chi connectivity index (χ3v) is 3.90. The molecule has 19 heavy (non-hydrogen) atoms. The lowest BCUT2D eigenvalue weighted by Gasteiger charge is -2.28. The van der Waals surface area contributed by atoms with E-state index in [0.29, 0.717) is 6.61 Å². The van der Waals surface area contributed by atoms with E-state index in [1.54, 1.807) is 0 Å². The minimum atomic E-state index is -4.25. The van der Waals surface area contributed by atoms with Gasteiger partial charge in [0.2, 0.25) is 5.91 Å². The molecule has 1 aliphatic carbocycles. The molecule has 0 bridgehead atoms. The summed E-state index contributed by atoms with van der Waals surface area (Å²) in [6.45, 7) is 1.41. The van der Waals surface area contributed by atoms with Crippen LogP contribution in [0.25, 0.3) is 0 Å². The SMILES string of the molecule is O=C(CS(=O)(=O)O)NC1CCC(OCC2CO2)CC1. The van der Waals surface area contributed by atoms with E-state index in [1.807, 2.05) is 0 Å². The highest BCUT2D eigenvalue weighted by atomic mass is 32.2. The molecule has 1 atom stereocenters. The number of hydrogen-bond donors (Lipinski definition) is 2. The van der Waals surface area contributed by atoms with E-state index in [0.717, 1.165) is 32.3 Å². The molecule has 2 N–H and O–H groups in total. The quantitative estimate of drug-likeness (QED) is 0.515. The lowest BCUT2D eigenvalue weighted by molar-refractivity contribution is -0.119. The second-order valence-corrected chi connectivity index (χ2v) is 6.51. The summed E-state index contributed by atoms with van der Waals surface area (Å²) < 4.78 is 40.4. The molecule has 0 aromatic heterocycles. The number of ether oxygens (including phenoxy) is 2. The van der Waals surface area contributed by atoms with Gasteiger partial charge in [-0.05, 0) is 25.7 Å². The van der Waals surface area contributed by atoms with Gasteiger partial charge in [-0.25, -0.2) is 0 Å². The minimum Gasteiger partial charge on any atom is -0.375 e. The Hall–Kier alpha value is -0.700. The number of hydrogen-bond acceptors (Lipinski definition) is 5. The smallest absolute Gasteiger partial charge is 0.274 e. The molecule has 8 heteroatoms. The van der Waals surface area contributed by atoms with Gasteiger partial charge in [0.05, 0.1) is 19.3 Å². The maximum absolute atomic E-state index is 11.3. The van der Waals surface area contributed by atoms with Gasteiger partial charge >= 0.3 is 0 Å². The summed E-state index contributed by atoms with van der Waals surface area (Å²) in [7, 11) is -4.25. The Morgan fingerprint density at radius 3 is 2.47 bits per heavy atom. The highest BCUT2D eigenvalue weighted by Gasteiger charge is 2.27. The normalized spacial score (nSPS) is 30.9. The first-order valence-corrected chi connectivity index (χ1v) is 8.01. The van der Waals surface area contributed by atoms with Crippen LogP contribution in [0.5, 0.6) is 0 Å². The van der Waals surface area contributed by atoms with Gasteiger partial charge in [-0.15, -0.1) is 0 Å². The molecular weight excluding hydrogens is 274 g/mol. The fourth-order valence-corrected chi connectivity index (χ4v) is 2.63. The van der Waals surface area contributed by atoms with Crippen LogP contribution in [0.3, 0.4) is 0 Å². The maximum atomic E-state index is 11.3. The van der Waals surface area contributed by atoms with Crippen LogP contribution in [-0.2, 0) is 24.4 Å². The summed E-state index contributed by atoms with van der Waals surface area (Å²) in [6.07, 6.45) is 3.64. The van der Waals surface area contributed by atoms with Crippen molar-refractivity contribution in [1.82, 2.24) is 5.32 Å². The van der Waals surface area contributed by atoms with Gasteiger partial charge in [0.25, 0.3) is 10.1 Å². The van der Waals surface area contributed by atoms with Gasteiger partial charge in [-0.3, -0.25) is 9.35 Å². The molecule has 1 amide bonds. The fourth-order valence-electron chi connectivity index (χ4n) is 2.22. The van der Waals surface area contributed by atoms with Crippen LogP contribution in [0.4, 0.5) is 0 Å². The second kappa shape index (κ2) is 6.17. The van der Waals surface area contributed by atoms with Crippen LogP contribution < -0.4 is 5.32 Å². The first-order valence-electron chi connectivity index (χ1n) is 6.40. The molecule has 0 spiro atoms. The lowest BCUT2D eigenvalue weighted by atomic mass is 9.93. The van der Waals surface area contributed by atoms with Crippen molar-refractivity contribution in [2.24, 2.45) is 0 Å². The number of carbonyl (C=O) groups is 1. The number of epoxide rings is 1. The molecule has 110 valence electrons. The van der Waals surface area contributed by atoms with E-state index in [1.165, 1.54) is 0 Å². The second-order valence-electron chi connectivity index (χ2n) is 5.06. The summed E-state index contributed by atoms with van der Waals surface area (Å²) in [5.74, 6) is -1.53. The first kappa shape index (κ1) is 14.7. The zero-order valence-corrected chi connectivity index (χ0v) is 11.4. The average molecular weight is 293 g/mol.